The van der Waals surface area contributed by atoms with Crippen LogP contribution in [0.25, 0.3) is 0 Å². The van der Waals surface area contributed by atoms with Crippen LogP contribution in [0.2, 0.25) is 0 Å². The van der Waals surface area contributed by atoms with E-state index in [0.29, 0.717) is 24.9 Å². The molecule has 1 aliphatic heterocycles. The monoisotopic (exact) mass is 283 g/mol. The second-order valence-electron chi connectivity index (χ2n) is 7.10. The van der Waals surface area contributed by atoms with Gasteiger partial charge in [-0.3, -0.25) is 4.79 Å². The van der Waals surface area contributed by atoms with E-state index in [-0.39, 0.29) is 18.4 Å². The number of aliphatic carboxylic acids is 1. The van der Waals surface area contributed by atoms with Crippen molar-refractivity contribution in [2.45, 2.75) is 52.1 Å². The van der Waals surface area contributed by atoms with E-state index in [1.54, 1.807) is 4.90 Å². The largest absolute Gasteiger partial charge is 0.481 e. The van der Waals surface area contributed by atoms with E-state index in [1.807, 2.05) is 20.8 Å². The minimum Gasteiger partial charge on any atom is -0.481 e. The number of amides is 1. The Bertz CT molecular complexity index is 374. The fourth-order valence-corrected chi connectivity index (χ4v) is 3.56. The Balaban J connectivity index is 2.01. The van der Waals surface area contributed by atoms with Crippen molar-refractivity contribution in [1.29, 1.82) is 0 Å². The Morgan fingerprint density at radius 3 is 2.20 bits per heavy atom. The third-order valence-corrected chi connectivity index (χ3v) is 4.33. The van der Waals surface area contributed by atoms with Crippen molar-refractivity contribution in [3.8, 4) is 0 Å². The van der Waals surface area contributed by atoms with Crippen molar-refractivity contribution in [2.24, 2.45) is 17.8 Å². The first-order chi connectivity index (χ1) is 9.26. The Morgan fingerprint density at radius 1 is 1.20 bits per heavy atom. The van der Waals surface area contributed by atoms with E-state index < -0.39 is 11.6 Å². The van der Waals surface area contributed by atoms with Crippen LogP contribution in [0.15, 0.2) is 0 Å². The van der Waals surface area contributed by atoms with Crippen LogP contribution in [0.1, 0.15) is 46.5 Å². The van der Waals surface area contributed by atoms with Gasteiger partial charge >= 0.3 is 12.1 Å². The summed E-state index contributed by atoms with van der Waals surface area (Å²) >= 11 is 0. The van der Waals surface area contributed by atoms with Gasteiger partial charge in [-0.15, -0.1) is 0 Å². The lowest BCUT2D eigenvalue weighted by molar-refractivity contribution is -0.140. The van der Waals surface area contributed by atoms with Crippen molar-refractivity contribution in [3.63, 3.8) is 0 Å². The maximum absolute atomic E-state index is 12.2. The molecule has 1 aliphatic carbocycles. The highest BCUT2D eigenvalue weighted by atomic mass is 16.6. The molecule has 0 aromatic carbocycles. The number of likely N-dealkylation sites (tertiary alicyclic amines) is 1. The third kappa shape index (κ3) is 3.64. The smallest absolute Gasteiger partial charge is 0.410 e. The van der Waals surface area contributed by atoms with Crippen LogP contribution in [0, 0.1) is 17.8 Å². The minimum absolute atomic E-state index is 0.222. The molecule has 2 atom stereocenters. The second kappa shape index (κ2) is 5.62. The Labute approximate surface area is 120 Å². The van der Waals surface area contributed by atoms with Gasteiger partial charge in [-0.1, -0.05) is 6.42 Å². The van der Waals surface area contributed by atoms with E-state index in [0.717, 1.165) is 19.3 Å². The molecule has 0 aromatic heterocycles. The van der Waals surface area contributed by atoms with Crippen LogP contribution in [0.3, 0.4) is 0 Å². The van der Waals surface area contributed by atoms with Crippen molar-refractivity contribution >= 4 is 12.1 Å². The highest BCUT2D eigenvalue weighted by molar-refractivity contribution is 5.69. The molecule has 1 saturated carbocycles. The number of nitrogens with zero attached hydrogens (tertiary/aromatic N) is 1. The highest BCUT2D eigenvalue weighted by Crippen LogP contribution is 2.41. The number of carboxylic acid groups (broad SMARTS) is 1. The number of fused-ring (bicyclic) bond motifs is 2. The summed E-state index contributed by atoms with van der Waals surface area (Å²) in [6.45, 7) is 6.88. The first-order valence-electron chi connectivity index (χ1n) is 7.46. The van der Waals surface area contributed by atoms with Crippen molar-refractivity contribution < 1.29 is 19.4 Å². The Hall–Kier alpha value is -1.26. The molecular weight excluding hydrogens is 258 g/mol. The summed E-state index contributed by atoms with van der Waals surface area (Å²) in [4.78, 5) is 24.9. The summed E-state index contributed by atoms with van der Waals surface area (Å²) < 4.78 is 5.43. The molecule has 2 rings (SSSR count). The van der Waals surface area contributed by atoms with Gasteiger partial charge in [0.25, 0.3) is 0 Å². The summed E-state index contributed by atoms with van der Waals surface area (Å²) in [6.07, 6.45) is 3.16. The third-order valence-electron chi connectivity index (χ3n) is 4.33. The van der Waals surface area contributed by atoms with Crippen LogP contribution < -0.4 is 0 Å². The fraction of sp³-hybridized carbons (Fsp3) is 0.867. The van der Waals surface area contributed by atoms with Gasteiger partial charge in [-0.2, -0.15) is 0 Å². The van der Waals surface area contributed by atoms with Gasteiger partial charge < -0.3 is 14.7 Å². The zero-order chi connectivity index (χ0) is 14.9. The molecule has 1 N–H and O–H groups in total. The summed E-state index contributed by atoms with van der Waals surface area (Å²) in [5.74, 6) is 0.120. The molecule has 1 amide bonds. The van der Waals surface area contributed by atoms with Gasteiger partial charge in [-0.25, -0.2) is 4.79 Å². The molecule has 114 valence electrons. The zero-order valence-electron chi connectivity index (χ0n) is 12.6. The molecule has 2 fully saturated rings. The topological polar surface area (TPSA) is 66.8 Å². The molecule has 5 nitrogen and oxygen atoms in total. The standard InChI is InChI=1S/C15H25NO4/c1-15(2,3)20-14(19)16-8-10-5-4-6-11(9-16)12(10)7-13(17)18/h10-12H,4-9H2,1-3H3,(H,17,18). The summed E-state index contributed by atoms with van der Waals surface area (Å²) in [7, 11) is 0. The number of carboxylic acids is 1. The average Bonchev–Trinajstić information content (AvgIpc) is 2.24. The van der Waals surface area contributed by atoms with E-state index in [1.165, 1.54) is 0 Å². The molecule has 0 radical (unpaired) electrons. The normalized spacial score (nSPS) is 29.9. The minimum atomic E-state index is -0.724. The summed E-state index contributed by atoms with van der Waals surface area (Å²) in [6, 6.07) is 0. The van der Waals surface area contributed by atoms with Crippen LogP contribution in [-0.4, -0.2) is 40.8 Å². The average molecular weight is 283 g/mol. The SMILES string of the molecule is CC(C)(C)OC(=O)N1CC2CCCC(C1)C2CC(=O)O. The molecular formula is C15H25NO4. The Kier molecular flexibility index (Phi) is 4.25. The first-order valence-corrected chi connectivity index (χ1v) is 7.46. The number of ether oxygens (including phenoxy) is 1. The highest BCUT2D eigenvalue weighted by Gasteiger charge is 2.42. The lowest BCUT2D eigenvalue weighted by atomic mass is 9.68. The Morgan fingerprint density at radius 2 is 1.75 bits per heavy atom. The zero-order valence-corrected chi connectivity index (χ0v) is 12.6. The van der Waals surface area contributed by atoms with Gasteiger partial charge in [0.05, 0.1) is 0 Å². The molecule has 2 aliphatic rings. The van der Waals surface area contributed by atoms with Crippen LogP contribution in [0.5, 0.6) is 0 Å². The second-order valence-corrected chi connectivity index (χ2v) is 7.10. The van der Waals surface area contributed by atoms with Crippen LogP contribution in [-0.2, 0) is 9.53 Å². The predicted octanol–water partition coefficient (Wildman–Crippen LogP) is 2.74. The number of hydrogen-bond acceptors (Lipinski definition) is 3. The molecule has 1 saturated heterocycles. The maximum Gasteiger partial charge on any atom is 0.410 e. The molecule has 0 spiro atoms. The molecule has 2 bridgehead atoms. The molecule has 2 unspecified atom stereocenters. The van der Waals surface area contributed by atoms with E-state index in [9.17, 15) is 9.59 Å². The first kappa shape index (κ1) is 15.1. The number of carbonyl (C=O) groups excluding carboxylic acids is 1. The number of carbonyl (C=O) groups is 2. The van der Waals surface area contributed by atoms with Gasteiger partial charge in [0.15, 0.2) is 0 Å². The van der Waals surface area contributed by atoms with Crippen molar-refractivity contribution in [3.05, 3.63) is 0 Å². The van der Waals surface area contributed by atoms with Crippen molar-refractivity contribution in [2.75, 3.05) is 13.1 Å². The van der Waals surface area contributed by atoms with Crippen LogP contribution >= 0.6 is 0 Å². The van der Waals surface area contributed by atoms with E-state index in [4.69, 9.17) is 9.84 Å². The lowest BCUT2D eigenvalue weighted by Crippen LogP contribution is -2.52. The predicted molar refractivity (Wildman–Crippen MR) is 74.4 cm³/mol. The summed E-state index contributed by atoms with van der Waals surface area (Å²) in [5.41, 5.74) is -0.482. The van der Waals surface area contributed by atoms with E-state index in [2.05, 4.69) is 0 Å². The lowest BCUT2D eigenvalue weighted by Gasteiger charge is -2.47. The summed E-state index contributed by atoms with van der Waals surface area (Å²) in [5, 5.41) is 9.04. The number of rotatable bonds is 2. The fourth-order valence-electron chi connectivity index (χ4n) is 3.56. The molecule has 5 heteroatoms. The van der Waals surface area contributed by atoms with Crippen LogP contribution in [0.4, 0.5) is 4.79 Å². The van der Waals surface area contributed by atoms with Gasteiger partial charge in [0.2, 0.25) is 0 Å². The molecule has 0 aromatic rings. The quantitative estimate of drug-likeness (QED) is 0.846. The van der Waals surface area contributed by atoms with E-state index >= 15 is 0 Å². The molecule has 20 heavy (non-hydrogen) atoms. The van der Waals surface area contributed by atoms with Gasteiger partial charge in [-0.05, 0) is 51.4 Å². The number of hydrogen-bond donors (Lipinski definition) is 1. The number of piperidine rings is 1. The maximum atomic E-state index is 12.2. The van der Waals surface area contributed by atoms with Gasteiger partial charge in [0.1, 0.15) is 5.60 Å². The van der Waals surface area contributed by atoms with Crippen molar-refractivity contribution in [1.82, 2.24) is 4.90 Å². The molecule has 1 heterocycles. The van der Waals surface area contributed by atoms with Gasteiger partial charge in [0, 0.05) is 19.5 Å².